The zero-order valence-electron chi connectivity index (χ0n) is 14.2. The van der Waals surface area contributed by atoms with Crippen LogP contribution in [0.2, 0.25) is 0 Å². The lowest BCUT2D eigenvalue weighted by Gasteiger charge is -2.32. The normalized spacial score (nSPS) is 18.7. The molecule has 2 amide bonds. The number of nitrogens with zero attached hydrogens (tertiary/aromatic N) is 3. The van der Waals surface area contributed by atoms with E-state index >= 15 is 0 Å². The Kier molecular flexibility index (Phi) is 5.28. The van der Waals surface area contributed by atoms with Crippen LogP contribution in [-0.4, -0.2) is 51.9 Å². The minimum Gasteiger partial charge on any atom is -0.343 e. The molecule has 0 fully saturated rings. The number of carbonyl (C=O) groups is 2. The smallest absolute Gasteiger partial charge is 0.249 e. The van der Waals surface area contributed by atoms with E-state index in [-0.39, 0.29) is 11.8 Å². The maximum absolute atomic E-state index is 12.3. The fourth-order valence-electron chi connectivity index (χ4n) is 2.77. The zero-order valence-corrected chi connectivity index (χ0v) is 15.0. The summed E-state index contributed by atoms with van der Waals surface area (Å²) in [5.41, 5.74) is 4.61. The van der Waals surface area contributed by atoms with Crippen molar-refractivity contribution in [2.24, 2.45) is 5.10 Å². The van der Waals surface area contributed by atoms with Crippen molar-refractivity contribution in [2.75, 3.05) is 18.8 Å². The van der Waals surface area contributed by atoms with Crippen LogP contribution in [0, 0.1) is 0 Å². The van der Waals surface area contributed by atoms with Crippen molar-refractivity contribution < 1.29 is 9.59 Å². The van der Waals surface area contributed by atoms with E-state index in [0.29, 0.717) is 24.0 Å². The number of amidine groups is 1. The molecular formula is C17H21N5O2S. The van der Waals surface area contributed by atoms with Gasteiger partial charge in [-0.25, -0.2) is 0 Å². The molecule has 2 aliphatic rings. The number of hydrogen-bond donors (Lipinski definition) is 2. The molecule has 0 aromatic heterocycles. The van der Waals surface area contributed by atoms with Crippen molar-refractivity contribution >= 4 is 34.4 Å². The fourth-order valence-corrected chi connectivity index (χ4v) is 3.67. The van der Waals surface area contributed by atoms with Gasteiger partial charge < -0.3 is 10.2 Å². The van der Waals surface area contributed by atoms with Gasteiger partial charge in [-0.15, -0.1) is 0 Å². The number of hydrazone groups is 1. The maximum Gasteiger partial charge on any atom is 0.249 e. The second-order valence-corrected chi connectivity index (χ2v) is 6.50. The van der Waals surface area contributed by atoms with Crippen LogP contribution in [0.15, 0.2) is 41.5 Å². The van der Waals surface area contributed by atoms with E-state index < -0.39 is 6.29 Å². The van der Waals surface area contributed by atoms with E-state index in [9.17, 15) is 9.59 Å². The third-order valence-electron chi connectivity index (χ3n) is 4.06. The van der Waals surface area contributed by atoms with Gasteiger partial charge in [-0.2, -0.15) is 5.10 Å². The van der Waals surface area contributed by atoms with Crippen LogP contribution >= 0.6 is 11.8 Å². The third kappa shape index (κ3) is 3.63. The molecule has 1 atom stereocenters. The quantitative estimate of drug-likeness (QED) is 0.827. The molecule has 0 spiro atoms. The van der Waals surface area contributed by atoms with E-state index in [1.807, 2.05) is 49.1 Å². The zero-order chi connectivity index (χ0) is 17.8. The number of amides is 2. The van der Waals surface area contributed by atoms with Gasteiger partial charge >= 0.3 is 0 Å². The first-order chi connectivity index (χ1) is 12.1. The summed E-state index contributed by atoms with van der Waals surface area (Å²) in [5.74, 6) is 0.210. The molecule has 3 rings (SSSR count). The topological polar surface area (TPSA) is 77.0 Å². The van der Waals surface area contributed by atoms with Gasteiger partial charge in [-0.3, -0.25) is 19.9 Å². The first kappa shape index (κ1) is 17.3. The number of nitrogens with one attached hydrogen (secondary N) is 2. The summed E-state index contributed by atoms with van der Waals surface area (Å²) in [4.78, 5) is 27.9. The van der Waals surface area contributed by atoms with Crippen LogP contribution in [0.5, 0.6) is 0 Å². The summed E-state index contributed by atoms with van der Waals surface area (Å²) < 4.78 is 0. The summed E-state index contributed by atoms with van der Waals surface area (Å²) in [6.07, 6.45) is 1.12. The molecule has 2 N–H and O–H groups in total. The molecule has 25 heavy (non-hydrogen) atoms. The predicted molar refractivity (Wildman–Crippen MR) is 99.1 cm³/mol. The van der Waals surface area contributed by atoms with E-state index in [1.54, 1.807) is 11.0 Å². The molecule has 1 aromatic carbocycles. The summed E-state index contributed by atoms with van der Waals surface area (Å²) >= 11 is 1.37. The van der Waals surface area contributed by atoms with Gasteiger partial charge in [0.05, 0.1) is 11.4 Å². The number of fused-ring (bicyclic) bond motifs is 1. The third-order valence-corrected chi connectivity index (χ3v) is 5.00. The summed E-state index contributed by atoms with van der Waals surface area (Å²) in [5, 5.41) is 7.79. The van der Waals surface area contributed by atoms with Crippen LogP contribution in [0.25, 0.3) is 5.70 Å². The average Bonchev–Trinajstić information content (AvgIpc) is 3.03. The number of rotatable bonds is 5. The second kappa shape index (κ2) is 7.60. The monoisotopic (exact) mass is 359 g/mol. The second-order valence-electron chi connectivity index (χ2n) is 5.55. The Morgan fingerprint density at radius 1 is 1.28 bits per heavy atom. The number of thioether (sulfide) groups is 1. The Morgan fingerprint density at radius 2 is 2.00 bits per heavy atom. The van der Waals surface area contributed by atoms with Crippen molar-refractivity contribution in [3.8, 4) is 0 Å². The average molecular weight is 359 g/mol. The maximum atomic E-state index is 12.3. The standard InChI is InChI=1S/C17H21N5O2S/c1-3-21(4-2)15(24)11-25-17-20-19-16-18-14(23)10-13(22(16)17)12-8-6-5-7-9-12/h5-10,16,19H,3-4,11H2,1-2H3,(H,18,23). The van der Waals surface area contributed by atoms with Gasteiger partial charge in [0.2, 0.25) is 11.8 Å². The molecule has 0 saturated heterocycles. The highest BCUT2D eigenvalue weighted by Crippen LogP contribution is 2.29. The molecule has 0 saturated carbocycles. The van der Waals surface area contributed by atoms with Gasteiger partial charge in [0.1, 0.15) is 0 Å². The molecule has 2 aliphatic heterocycles. The van der Waals surface area contributed by atoms with E-state index in [1.165, 1.54) is 11.8 Å². The first-order valence-corrected chi connectivity index (χ1v) is 9.23. The van der Waals surface area contributed by atoms with Gasteiger partial charge in [-0.1, -0.05) is 42.1 Å². The highest BCUT2D eigenvalue weighted by atomic mass is 32.2. The van der Waals surface area contributed by atoms with E-state index in [4.69, 9.17) is 0 Å². The van der Waals surface area contributed by atoms with Crippen molar-refractivity contribution in [3.63, 3.8) is 0 Å². The minimum absolute atomic E-state index is 0.0763. The summed E-state index contributed by atoms with van der Waals surface area (Å²) in [7, 11) is 0. The van der Waals surface area contributed by atoms with Gasteiger partial charge in [0.15, 0.2) is 11.5 Å². The van der Waals surface area contributed by atoms with Gasteiger partial charge in [-0.05, 0) is 19.4 Å². The van der Waals surface area contributed by atoms with Crippen LogP contribution < -0.4 is 10.7 Å². The first-order valence-electron chi connectivity index (χ1n) is 8.24. The van der Waals surface area contributed by atoms with E-state index in [0.717, 1.165) is 11.3 Å². The van der Waals surface area contributed by atoms with Crippen molar-refractivity contribution in [1.29, 1.82) is 0 Å². The lowest BCUT2D eigenvalue weighted by Crippen LogP contribution is -2.54. The van der Waals surface area contributed by atoms with Crippen LogP contribution in [0.3, 0.4) is 0 Å². The molecule has 2 heterocycles. The minimum atomic E-state index is -0.432. The highest BCUT2D eigenvalue weighted by molar-refractivity contribution is 8.14. The Balaban J connectivity index is 1.77. The van der Waals surface area contributed by atoms with Crippen LogP contribution in [0.4, 0.5) is 0 Å². The SMILES string of the molecule is CCN(CC)C(=O)CSC1=NNC2NC(=O)C=C(c3ccccc3)N12. The lowest BCUT2D eigenvalue weighted by molar-refractivity contribution is -0.128. The number of benzene rings is 1. The van der Waals surface area contributed by atoms with E-state index in [2.05, 4.69) is 15.8 Å². The predicted octanol–water partition coefficient (Wildman–Crippen LogP) is 1.22. The lowest BCUT2D eigenvalue weighted by atomic mass is 10.1. The van der Waals surface area contributed by atoms with Crippen LogP contribution in [-0.2, 0) is 9.59 Å². The molecule has 1 unspecified atom stereocenters. The molecule has 132 valence electrons. The number of carbonyl (C=O) groups excluding carboxylic acids is 2. The Hall–Kier alpha value is -2.48. The molecular weight excluding hydrogens is 338 g/mol. The van der Waals surface area contributed by atoms with Gasteiger partial charge in [0, 0.05) is 19.2 Å². The van der Waals surface area contributed by atoms with Crippen molar-refractivity contribution in [3.05, 3.63) is 42.0 Å². The Bertz CT molecular complexity index is 715. The largest absolute Gasteiger partial charge is 0.343 e. The molecule has 8 heteroatoms. The molecule has 0 radical (unpaired) electrons. The molecule has 0 bridgehead atoms. The molecule has 1 aromatic rings. The summed E-state index contributed by atoms with van der Waals surface area (Å²) in [6, 6.07) is 9.68. The summed E-state index contributed by atoms with van der Waals surface area (Å²) in [6.45, 7) is 5.32. The highest BCUT2D eigenvalue weighted by Gasteiger charge is 2.36. The Labute approximate surface area is 151 Å². The molecule has 7 nitrogen and oxygen atoms in total. The van der Waals surface area contributed by atoms with Crippen molar-refractivity contribution in [1.82, 2.24) is 20.5 Å². The number of hydrogen-bond acceptors (Lipinski definition) is 6. The fraction of sp³-hybridized carbons (Fsp3) is 0.353. The van der Waals surface area contributed by atoms with Crippen molar-refractivity contribution in [2.45, 2.75) is 20.1 Å². The Morgan fingerprint density at radius 3 is 2.68 bits per heavy atom. The van der Waals surface area contributed by atoms with Gasteiger partial charge in [0.25, 0.3) is 0 Å². The molecule has 0 aliphatic carbocycles. The van der Waals surface area contributed by atoms with Crippen LogP contribution in [0.1, 0.15) is 19.4 Å².